The Morgan fingerprint density at radius 2 is 2.16 bits per heavy atom. The van der Waals surface area contributed by atoms with E-state index in [1.165, 1.54) is 4.88 Å². The third-order valence-corrected chi connectivity index (χ3v) is 3.94. The minimum atomic E-state index is -0.212. The largest absolute Gasteiger partial charge is 0.382 e. The van der Waals surface area contributed by atoms with Crippen LogP contribution in [0.3, 0.4) is 0 Å². The SMILES string of the molecule is CCc1cc2c(NC(C)(C)COC)nc(N)nc2s1. The lowest BCUT2D eigenvalue weighted by atomic mass is 10.1. The van der Waals surface area contributed by atoms with Gasteiger partial charge >= 0.3 is 0 Å². The number of thiophene rings is 1. The molecule has 0 saturated carbocycles. The summed E-state index contributed by atoms with van der Waals surface area (Å²) >= 11 is 1.66. The average molecular weight is 280 g/mol. The molecular formula is C13H20N4OS. The molecule has 0 aromatic carbocycles. The number of aromatic nitrogens is 2. The minimum Gasteiger partial charge on any atom is -0.382 e. The van der Waals surface area contributed by atoms with Gasteiger partial charge in [-0.15, -0.1) is 11.3 Å². The van der Waals surface area contributed by atoms with Crippen LogP contribution >= 0.6 is 11.3 Å². The topological polar surface area (TPSA) is 73.1 Å². The van der Waals surface area contributed by atoms with E-state index >= 15 is 0 Å². The number of hydrogen-bond acceptors (Lipinski definition) is 6. The second-order valence-electron chi connectivity index (χ2n) is 5.16. The van der Waals surface area contributed by atoms with Gasteiger partial charge in [-0.1, -0.05) is 6.92 Å². The summed E-state index contributed by atoms with van der Waals surface area (Å²) < 4.78 is 5.21. The smallest absolute Gasteiger partial charge is 0.223 e. The Hall–Kier alpha value is -1.40. The van der Waals surface area contributed by atoms with E-state index in [4.69, 9.17) is 10.5 Å². The zero-order valence-electron chi connectivity index (χ0n) is 11.8. The molecule has 0 aliphatic carbocycles. The Bertz CT molecular complexity index is 579. The first-order valence-electron chi connectivity index (χ1n) is 6.28. The van der Waals surface area contributed by atoms with Crippen molar-refractivity contribution in [1.82, 2.24) is 9.97 Å². The molecule has 104 valence electrons. The van der Waals surface area contributed by atoms with Crippen molar-refractivity contribution in [2.24, 2.45) is 0 Å². The van der Waals surface area contributed by atoms with Crippen LogP contribution in [0.15, 0.2) is 6.07 Å². The number of ether oxygens (including phenoxy) is 1. The Morgan fingerprint density at radius 3 is 2.79 bits per heavy atom. The van der Waals surface area contributed by atoms with Crippen molar-refractivity contribution in [3.8, 4) is 0 Å². The molecule has 0 spiro atoms. The van der Waals surface area contributed by atoms with Gasteiger partial charge in [-0.3, -0.25) is 0 Å². The number of fused-ring (bicyclic) bond motifs is 1. The van der Waals surface area contributed by atoms with Gasteiger partial charge in [0, 0.05) is 12.0 Å². The normalized spacial score (nSPS) is 12.0. The number of nitrogens with zero attached hydrogens (tertiary/aromatic N) is 2. The third kappa shape index (κ3) is 3.13. The van der Waals surface area contributed by atoms with Crippen LogP contribution in [-0.4, -0.2) is 29.2 Å². The number of nitrogens with one attached hydrogen (secondary N) is 1. The molecule has 0 amide bonds. The maximum atomic E-state index is 5.78. The van der Waals surface area contributed by atoms with Crippen molar-refractivity contribution < 1.29 is 4.74 Å². The first-order valence-corrected chi connectivity index (χ1v) is 7.10. The van der Waals surface area contributed by atoms with E-state index in [0.717, 1.165) is 22.5 Å². The predicted molar refractivity (Wildman–Crippen MR) is 80.8 cm³/mol. The summed E-state index contributed by atoms with van der Waals surface area (Å²) in [6, 6.07) is 2.13. The lowest BCUT2D eigenvalue weighted by Gasteiger charge is -2.26. The summed E-state index contributed by atoms with van der Waals surface area (Å²) in [5.74, 6) is 1.08. The molecule has 0 fully saturated rings. The van der Waals surface area contributed by atoms with Crippen LogP contribution < -0.4 is 11.1 Å². The minimum absolute atomic E-state index is 0.212. The fraction of sp³-hybridized carbons (Fsp3) is 0.538. The van der Waals surface area contributed by atoms with Gasteiger partial charge in [0.1, 0.15) is 10.6 Å². The summed E-state index contributed by atoms with van der Waals surface area (Å²) in [4.78, 5) is 10.8. The molecule has 0 aliphatic rings. The van der Waals surface area contributed by atoms with Crippen molar-refractivity contribution in [3.63, 3.8) is 0 Å². The predicted octanol–water partition coefficient (Wildman–Crippen LogP) is 2.67. The maximum Gasteiger partial charge on any atom is 0.223 e. The van der Waals surface area contributed by atoms with Gasteiger partial charge in [-0.25, -0.2) is 4.98 Å². The van der Waals surface area contributed by atoms with Gasteiger partial charge < -0.3 is 15.8 Å². The van der Waals surface area contributed by atoms with Crippen molar-refractivity contribution >= 4 is 33.3 Å². The van der Waals surface area contributed by atoms with Crippen LogP contribution in [0.25, 0.3) is 10.2 Å². The molecule has 0 atom stereocenters. The van der Waals surface area contributed by atoms with E-state index < -0.39 is 0 Å². The summed E-state index contributed by atoms with van der Waals surface area (Å²) in [7, 11) is 1.69. The number of methoxy groups -OCH3 is 1. The second-order valence-corrected chi connectivity index (χ2v) is 6.27. The van der Waals surface area contributed by atoms with E-state index in [9.17, 15) is 0 Å². The maximum absolute atomic E-state index is 5.78. The number of rotatable bonds is 5. The van der Waals surface area contributed by atoms with Gasteiger partial charge in [0.2, 0.25) is 5.95 Å². The van der Waals surface area contributed by atoms with Crippen molar-refractivity contribution in [2.75, 3.05) is 24.8 Å². The van der Waals surface area contributed by atoms with Crippen LogP contribution in [-0.2, 0) is 11.2 Å². The summed E-state index contributed by atoms with van der Waals surface area (Å²) in [5, 5.41) is 4.42. The first-order chi connectivity index (χ1) is 8.95. The second kappa shape index (κ2) is 5.30. The standard InChI is InChI=1S/C13H20N4OS/c1-5-8-6-9-10(17-13(2,3)7-18-4)15-12(14)16-11(9)19-8/h6H,5,7H2,1-4H3,(H3,14,15,16,17). The fourth-order valence-corrected chi connectivity index (χ4v) is 2.95. The Labute approximate surface area is 117 Å². The van der Waals surface area contributed by atoms with Crippen LogP contribution in [0, 0.1) is 0 Å². The molecule has 0 aliphatic heterocycles. The van der Waals surface area contributed by atoms with Crippen molar-refractivity contribution in [3.05, 3.63) is 10.9 Å². The zero-order chi connectivity index (χ0) is 14.0. The molecule has 2 rings (SSSR count). The molecule has 5 nitrogen and oxygen atoms in total. The van der Waals surface area contributed by atoms with E-state index in [1.54, 1.807) is 18.4 Å². The van der Waals surface area contributed by atoms with Crippen LogP contribution in [0.4, 0.5) is 11.8 Å². The lowest BCUT2D eigenvalue weighted by molar-refractivity contribution is 0.158. The van der Waals surface area contributed by atoms with E-state index in [0.29, 0.717) is 12.6 Å². The van der Waals surface area contributed by atoms with Gasteiger partial charge in [0.15, 0.2) is 0 Å². The Balaban J connectivity index is 2.44. The summed E-state index contributed by atoms with van der Waals surface area (Å²) in [6.07, 6.45) is 0.988. The number of hydrogen-bond donors (Lipinski definition) is 2. The highest BCUT2D eigenvalue weighted by atomic mass is 32.1. The fourth-order valence-electron chi connectivity index (χ4n) is 1.97. The monoisotopic (exact) mass is 280 g/mol. The number of aryl methyl sites for hydroxylation is 1. The van der Waals surface area contributed by atoms with Gasteiger partial charge in [-0.05, 0) is 26.3 Å². The molecule has 0 unspecified atom stereocenters. The molecule has 0 saturated heterocycles. The van der Waals surface area contributed by atoms with Crippen molar-refractivity contribution in [1.29, 1.82) is 0 Å². The summed E-state index contributed by atoms with van der Waals surface area (Å²) in [5.41, 5.74) is 5.57. The molecule has 2 aromatic heterocycles. The van der Waals surface area contributed by atoms with Crippen LogP contribution in [0.2, 0.25) is 0 Å². The molecule has 19 heavy (non-hydrogen) atoms. The van der Waals surface area contributed by atoms with E-state index in [1.807, 2.05) is 0 Å². The highest BCUT2D eigenvalue weighted by Gasteiger charge is 2.20. The number of nitrogen functional groups attached to an aromatic ring is 1. The molecule has 2 heterocycles. The molecule has 0 radical (unpaired) electrons. The van der Waals surface area contributed by atoms with Gasteiger partial charge in [-0.2, -0.15) is 4.98 Å². The summed E-state index contributed by atoms with van der Waals surface area (Å²) in [6.45, 7) is 6.84. The average Bonchev–Trinajstić information content (AvgIpc) is 2.71. The van der Waals surface area contributed by atoms with Gasteiger partial charge in [0.05, 0.1) is 17.5 Å². The van der Waals surface area contributed by atoms with E-state index in [2.05, 4.69) is 42.1 Å². The Morgan fingerprint density at radius 1 is 1.42 bits per heavy atom. The highest BCUT2D eigenvalue weighted by molar-refractivity contribution is 7.18. The first kappa shape index (κ1) is 14.0. The number of anilines is 2. The molecule has 0 bridgehead atoms. The number of nitrogens with two attached hydrogens (primary N) is 1. The van der Waals surface area contributed by atoms with Gasteiger partial charge in [0.25, 0.3) is 0 Å². The molecule has 2 aromatic rings. The Kier molecular flexibility index (Phi) is 3.91. The molecular weight excluding hydrogens is 260 g/mol. The van der Waals surface area contributed by atoms with E-state index in [-0.39, 0.29) is 5.54 Å². The molecule has 3 N–H and O–H groups in total. The molecule has 6 heteroatoms. The van der Waals surface area contributed by atoms with Crippen LogP contribution in [0.1, 0.15) is 25.6 Å². The quantitative estimate of drug-likeness (QED) is 0.881. The lowest BCUT2D eigenvalue weighted by Crippen LogP contribution is -2.36. The van der Waals surface area contributed by atoms with Crippen molar-refractivity contribution in [2.45, 2.75) is 32.7 Å². The third-order valence-electron chi connectivity index (χ3n) is 2.77. The van der Waals surface area contributed by atoms with Crippen LogP contribution in [0.5, 0.6) is 0 Å². The highest BCUT2D eigenvalue weighted by Crippen LogP contribution is 2.31. The zero-order valence-corrected chi connectivity index (χ0v) is 12.6.